The Morgan fingerprint density at radius 1 is 0.152 bits per heavy atom. The van der Waals surface area contributed by atoms with Crippen molar-refractivity contribution in [1.82, 2.24) is 39.9 Å². The van der Waals surface area contributed by atoms with Gasteiger partial charge in [0.15, 0.2) is 0 Å². The highest BCUT2D eigenvalue weighted by molar-refractivity contribution is 7.98. The van der Waals surface area contributed by atoms with Crippen LogP contribution in [-0.2, 0) is 46.0 Å². The molecule has 0 radical (unpaired) electrons. The number of aryl methyl sites for hydroxylation is 6. The van der Waals surface area contributed by atoms with E-state index < -0.39 is 0 Å². The maximum Gasteiger partial charge on any atom is 0.0737 e. The Bertz CT molecular complexity index is 7160. The first-order valence-corrected chi connectivity index (χ1v) is 49.9. The lowest BCUT2D eigenvalue weighted by Crippen LogP contribution is -1.90. The highest BCUT2D eigenvalue weighted by Gasteiger charge is 2.24. The van der Waals surface area contributed by atoms with Gasteiger partial charge in [0.25, 0.3) is 0 Å². The topological polar surface area (TPSA) is 115 Å². The summed E-state index contributed by atoms with van der Waals surface area (Å²) in [4.78, 5) is 37.9. The third kappa shape index (κ3) is 18.5. The molecule has 4 aliphatic heterocycles. The van der Waals surface area contributed by atoms with Crippen molar-refractivity contribution in [3.8, 4) is 89.0 Å². The van der Waals surface area contributed by atoms with Crippen molar-refractivity contribution >= 4 is 140 Å². The molecule has 132 heavy (non-hydrogen) atoms. The van der Waals surface area contributed by atoms with Gasteiger partial charge in [0, 0.05) is 135 Å². The number of benzene rings is 11. The Labute approximate surface area is 788 Å². The van der Waals surface area contributed by atoms with Gasteiger partial charge >= 0.3 is 0 Å². The zero-order valence-corrected chi connectivity index (χ0v) is 78.0. The zero-order valence-electron chi connectivity index (χ0n) is 74.7. The molecule has 0 saturated carbocycles. The number of H-pyrrole nitrogens is 4. The maximum atomic E-state index is 5.58. The van der Waals surface area contributed by atoms with Crippen LogP contribution in [0, 0.1) is 41.5 Å². The second kappa shape index (κ2) is 37.8. The van der Waals surface area contributed by atoms with Crippen LogP contribution >= 0.6 is 47.0 Å². The van der Waals surface area contributed by atoms with Crippen molar-refractivity contribution in [2.75, 3.05) is 0 Å². The first kappa shape index (κ1) is 84.8. The number of hydrogen-bond donors (Lipinski definition) is 4. The molecular formula is C120H98N8S4. The lowest BCUT2D eigenvalue weighted by Gasteiger charge is -2.09. The number of nitrogens with zero attached hydrogens (tertiary/aromatic N) is 4. The summed E-state index contributed by atoms with van der Waals surface area (Å²) in [6.45, 7) is 12.8. The number of nitrogens with one attached hydrogen (secondary N) is 4. The van der Waals surface area contributed by atoms with Crippen LogP contribution in [0.2, 0.25) is 0 Å². The van der Waals surface area contributed by atoms with Gasteiger partial charge in [-0.3, -0.25) is 0 Å². The first-order valence-electron chi connectivity index (χ1n) is 45.2. The van der Waals surface area contributed by atoms with E-state index in [1.807, 2.05) is 47.0 Å². The van der Waals surface area contributed by atoms with E-state index in [9.17, 15) is 0 Å². The van der Waals surface area contributed by atoms with Crippen LogP contribution in [0.1, 0.15) is 123 Å². The predicted octanol–water partition coefficient (Wildman–Crippen LogP) is 32.5. The summed E-state index contributed by atoms with van der Waals surface area (Å²) in [7, 11) is 0. The molecular weight excluding hydrogens is 1680 g/mol. The molecule has 0 spiro atoms. The monoisotopic (exact) mass is 1780 g/mol. The van der Waals surface area contributed by atoms with E-state index >= 15 is 0 Å². The van der Waals surface area contributed by atoms with E-state index in [0.717, 1.165) is 225 Å². The normalized spacial score (nSPS) is 12.1. The molecule has 4 aliphatic rings. The smallest absolute Gasteiger partial charge is 0.0737 e. The lowest BCUT2D eigenvalue weighted by molar-refractivity contribution is 1.30. The fourth-order valence-electron chi connectivity index (χ4n) is 18.0. The number of fused-ring (bicyclic) bond motifs is 16. The van der Waals surface area contributed by atoms with Crippen LogP contribution < -0.4 is 0 Å². The quantitative estimate of drug-likeness (QED) is 0.0473. The molecule has 0 amide bonds. The van der Waals surface area contributed by atoms with Crippen molar-refractivity contribution in [1.29, 1.82) is 0 Å². The van der Waals surface area contributed by atoms with Crippen LogP contribution in [0.5, 0.6) is 0 Å². The van der Waals surface area contributed by atoms with E-state index in [2.05, 4.69) is 426 Å². The zero-order chi connectivity index (χ0) is 89.1. The van der Waals surface area contributed by atoms with Crippen LogP contribution in [0.3, 0.4) is 0 Å². The summed E-state index contributed by atoms with van der Waals surface area (Å²) >= 11 is 7.86. The minimum absolute atomic E-state index is 0.897. The SMILES string of the molecule is Cc1ccc(-c2c3nc(c(-c4ccc(C)cc4)c4ccc([nH]4)c(-c4ccc(CSCc5ccc(CSCc6ccc(CSCc7ccc(CSCc8ccc(-c9c%10nc(c(-c%11ccc(C)cc%11)c%11ccc([nH]%11)c(-c%11ccc(C)cc%11)c%11nc(c(-c%12ccc(C)cc%12)c%12ccc9[nH]%12)C=C%11)C=C%10)cc8)cc7)cc6)cc5)cc4)c4nc(c(-c5ccc(C)cc5)c5ccc2[nH]5)C=C4)C=C3)cc1. The van der Waals surface area contributed by atoms with Crippen molar-refractivity contribution in [2.24, 2.45) is 0 Å². The number of hydrogen-bond acceptors (Lipinski definition) is 8. The Hall–Kier alpha value is -14.0. The van der Waals surface area contributed by atoms with Gasteiger partial charge in [0.1, 0.15) is 0 Å². The number of aromatic nitrogens is 8. The summed E-state index contributed by atoms with van der Waals surface area (Å²) in [5.41, 5.74) is 50.0. The molecule has 17 aromatic rings. The molecule has 10 heterocycles. The molecule has 0 aliphatic carbocycles. The van der Waals surface area contributed by atoms with Crippen LogP contribution in [-0.4, -0.2) is 39.9 Å². The van der Waals surface area contributed by atoms with Crippen molar-refractivity contribution < 1.29 is 0 Å². The molecule has 21 rings (SSSR count). The van der Waals surface area contributed by atoms with Gasteiger partial charge < -0.3 is 19.9 Å². The van der Waals surface area contributed by atoms with Crippen LogP contribution in [0.25, 0.3) is 182 Å². The largest absolute Gasteiger partial charge is 0.354 e. The minimum atomic E-state index is 0.897. The highest BCUT2D eigenvalue weighted by Crippen LogP contribution is 2.44. The Kier molecular flexibility index (Phi) is 24.3. The van der Waals surface area contributed by atoms with Gasteiger partial charge in [-0.2, -0.15) is 47.0 Å². The van der Waals surface area contributed by atoms with E-state index in [4.69, 9.17) is 19.9 Å². The van der Waals surface area contributed by atoms with Gasteiger partial charge in [0.2, 0.25) is 0 Å². The van der Waals surface area contributed by atoms with Crippen molar-refractivity contribution in [2.45, 2.75) is 87.6 Å². The first-order chi connectivity index (χ1) is 64.8. The maximum absolute atomic E-state index is 5.58. The minimum Gasteiger partial charge on any atom is -0.354 e. The summed E-state index contributed by atoms with van der Waals surface area (Å²) in [6, 6.07) is 116. The standard InChI is InChI=1S/C120H98N8S4/c1-75-7-35-89(36-8-75)113-97-51-55-101(121-97)115(91-39-11-77(3)12-40-91)105-59-63-109(125-105)119(110-64-60-106(126-110)116(102-56-52-98(113)122-102)92-41-13-78(4)14-42-92)95-47-31-87(32-48-95)73-131-71-85-27-23-83(24-28-85)69-129-67-81-19-21-82(22-20-81)68-130-70-84-25-29-86(30-26-84)72-132-74-88-33-49-96(50-34-88)120-111-65-61-107(127-111)117(93-43-15-79(5)16-44-93)103-57-53-99(123-103)114(90-37-9-76(2)10-38-90)100-54-58-104(124-100)118(108-62-66-112(120)128-108)94-45-17-80(6)18-46-94/h7-66,121,123,126,128H,67-74H2,1-6H3. The van der Waals surface area contributed by atoms with Crippen LogP contribution in [0.15, 0.2) is 315 Å². The highest BCUT2D eigenvalue weighted by atomic mass is 32.2. The molecule has 642 valence electrons. The van der Waals surface area contributed by atoms with Crippen LogP contribution in [0.4, 0.5) is 0 Å². The molecule has 16 bridgehead atoms. The molecule has 0 fully saturated rings. The number of rotatable bonds is 24. The number of aromatic amines is 4. The molecule has 12 heteroatoms. The molecule has 4 N–H and O–H groups in total. The average Bonchev–Trinajstić information content (AvgIpc) is 1.61. The molecule has 6 aromatic heterocycles. The van der Waals surface area contributed by atoms with E-state index in [-0.39, 0.29) is 0 Å². The molecule has 8 nitrogen and oxygen atoms in total. The van der Waals surface area contributed by atoms with E-state index in [1.54, 1.807) is 0 Å². The Morgan fingerprint density at radius 2 is 0.265 bits per heavy atom. The fourth-order valence-corrected chi connectivity index (χ4v) is 21.9. The van der Waals surface area contributed by atoms with Gasteiger partial charge in [-0.05, 0) is 228 Å². The molecule has 0 unspecified atom stereocenters. The fraction of sp³-hybridized carbons (Fsp3) is 0.117. The van der Waals surface area contributed by atoms with Gasteiger partial charge in [0.05, 0.1) is 45.6 Å². The predicted molar refractivity (Wildman–Crippen MR) is 569 cm³/mol. The van der Waals surface area contributed by atoms with E-state index in [0.29, 0.717) is 0 Å². The van der Waals surface area contributed by atoms with Crippen molar-refractivity contribution in [3.63, 3.8) is 0 Å². The Morgan fingerprint density at radius 3 is 0.394 bits per heavy atom. The summed E-state index contributed by atoms with van der Waals surface area (Å²) in [6.07, 6.45) is 17.4. The third-order valence-electron chi connectivity index (χ3n) is 25.3. The average molecular weight is 1780 g/mol. The van der Waals surface area contributed by atoms with Gasteiger partial charge in [-0.15, -0.1) is 0 Å². The molecule has 0 saturated heterocycles. The third-order valence-corrected chi connectivity index (χ3v) is 29.6. The second-order valence-corrected chi connectivity index (χ2v) is 39.0. The lowest BCUT2D eigenvalue weighted by atomic mass is 10.0. The summed E-state index contributed by atoms with van der Waals surface area (Å²) in [5.74, 6) is 7.58. The van der Waals surface area contributed by atoms with Gasteiger partial charge in [-0.25, -0.2) is 19.9 Å². The summed E-state index contributed by atoms with van der Waals surface area (Å²) < 4.78 is 0. The van der Waals surface area contributed by atoms with Gasteiger partial charge in [-0.1, -0.05) is 300 Å². The number of thioether (sulfide) groups is 4. The molecule has 0 atom stereocenters. The van der Waals surface area contributed by atoms with E-state index in [1.165, 1.54) is 77.9 Å². The summed E-state index contributed by atoms with van der Waals surface area (Å²) in [5, 5.41) is 0. The second-order valence-electron chi connectivity index (χ2n) is 35.0. The van der Waals surface area contributed by atoms with Crippen molar-refractivity contribution in [3.05, 3.63) is 439 Å². The molecule has 11 aromatic carbocycles. The Balaban J connectivity index is 0.442.